The first-order valence-corrected chi connectivity index (χ1v) is 8.04. The van der Waals surface area contributed by atoms with Crippen LogP contribution in [-0.4, -0.2) is 24.0 Å². The van der Waals surface area contributed by atoms with E-state index in [1.54, 1.807) is 0 Å². The largest absolute Gasteiger partial charge is 0.299 e. The molecule has 20 heavy (non-hydrogen) atoms. The number of nitrogens with zero attached hydrogens (tertiary/aromatic N) is 1. The Bertz CT molecular complexity index is 580. The van der Waals surface area contributed by atoms with E-state index in [2.05, 4.69) is 54.3 Å². The average molecular weight is 288 g/mol. The molecule has 0 amide bonds. The molecule has 106 valence electrons. The average Bonchev–Trinajstić information content (AvgIpc) is 2.49. The molecule has 0 N–H and O–H groups in total. The maximum Gasteiger partial charge on any atom is 0.0712 e. The maximum atomic E-state index is 6.66. The van der Waals surface area contributed by atoms with Gasteiger partial charge in [-0.1, -0.05) is 42.8 Å². The van der Waals surface area contributed by atoms with Gasteiger partial charge in [0, 0.05) is 12.6 Å². The molecule has 2 aromatic rings. The number of hydrogen-bond donors (Lipinski definition) is 0. The maximum absolute atomic E-state index is 6.66. The Morgan fingerprint density at radius 1 is 1.15 bits per heavy atom. The van der Waals surface area contributed by atoms with Gasteiger partial charge in [0.25, 0.3) is 0 Å². The van der Waals surface area contributed by atoms with Crippen molar-refractivity contribution in [3.8, 4) is 0 Å². The van der Waals surface area contributed by atoms with Crippen molar-refractivity contribution >= 4 is 22.4 Å². The Kier molecular flexibility index (Phi) is 4.28. The van der Waals surface area contributed by atoms with Crippen LogP contribution in [0.2, 0.25) is 0 Å². The fourth-order valence-electron chi connectivity index (χ4n) is 3.14. The third kappa shape index (κ3) is 2.99. The van der Waals surface area contributed by atoms with Crippen molar-refractivity contribution in [2.45, 2.75) is 37.6 Å². The molecule has 1 aliphatic rings. The minimum Gasteiger partial charge on any atom is -0.299 e. The van der Waals surface area contributed by atoms with E-state index in [-0.39, 0.29) is 5.38 Å². The van der Waals surface area contributed by atoms with E-state index in [1.807, 2.05) is 0 Å². The van der Waals surface area contributed by atoms with E-state index >= 15 is 0 Å². The number of fused-ring (bicyclic) bond motifs is 1. The zero-order chi connectivity index (χ0) is 13.9. The molecule has 1 nitrogen and oxygen atoms in total. The zero-order valence-corrected chi connectivity index (χ0v) is 12.8. The third-order valence-corrected chi connectivity index (χ3v) is 4.86. The number of halogens is 1. The van der Waals surface area contributed by atoms with Crippen molar-refractivity contribution in [3.63, 3.8) is 0 Å². The van der Waals surface area contributed by atoms with Crippen LogP contribution in [0.15, 0.2) is 42.5 Å². The molecule has 0 radical (unpaired) electrons. The molecule has 3 rings (SSSR count). The number of rotatable bonds is 3. The van der Waals surface area contributed by atoms with Crippen LogP contribution < -0.4 is 0 Å². The molecule has 2 atom stereocenters. The Morgan fingerprint density at radius 2 is 1.95 bits per heavy atom. The fraction of sp³-hybridized carbons (Fsp3) is 0.444. The normalized spacial score (nSPS) is 22.0. The van der Waals surface area contributed by atoms with Gasteiger partial charge in [0.05, 0.1) is 5.38 Å². The number of alkyl halides is 1. The summed E-state index contributed by atoms with van der Waals surface area (Å²) in [6.07, 6.45) is 3.98. The molecule has 2 heteroatoms. The smallest absolute Gasteiger partial charge is 0.0712 e. The molecule has 0 bridgehead atoms. The van der Waals surface area contributed by atoms with Gasteiger partial charge in [-0.3, -0.25) is 4.90 Å². The monoisotopic (exact) mass is 287 g/mol. The second-order valence-electron chi connectivity index (χ2n) is 5.91. The van der Waals surface area contributed by atoms with Gasteiger partial charge in [-0.25, -0.2) is 0 Å². The predicted molar refractivity (Wildman–Crippen MR) is 87.4 cm³/mol. The lowest BCUT2D eigenvalue weighted by molar-refractivity contribution is 0.161. The van der Waals surface area contributed by atoms with Crippen LogP contribution >= 0.6 is 11.6 Å². The van der Waals surface area contributed by atoms with Crippen LogP contribution in [0.4, 0.5) is 0 Å². The lowest BCUT2D eigenvalue weighted by atomic mass is 10.0. The van der Waals surface area contributed by atoms with Gasteiger partial charge in [0.15, 0.2) is 0 Å². The van der Waals surface area contributed by atoms with Crippen LogP contribution in [0.1, 0.15) is 37.1 Å². The molecule has 0 spiro atoms. The van der Waals surface area contributed by atoms with Gasteiger partial charge in [-0.15, -0.1) is 11.6 Å². The van der Waals surface area contributed by atoms with Gasteiger partial charge in [0.2, 0.25) is 0 Å². The van der Waals surface area contributed by atoms with Gasteiger partial charge >= 0.3 is 0 Å². The number of benzene rings is 2. The molecule has 1 saturated heterocycles. The van der Waals surface area contributed by atoms with E-state index in [0.29, 0.717) is 6.04 Å². The van der Waals surface area contributed by atoms with E-state index in [0.717, 1.165) is 6.54 Å². The molecular formula is C18H22ClN. The van der Waals surface area contributed by atoms with E-state index < -0.39 is 0 Å². The van der Waals surface area contributed by atoms with E-state index in [9.17, 15) is 0 Å². The first kappa shape index (κ1) is 13.9. The second-order valence-corrected chi connectivity index (χ2v) is 6.44. The third-order valence-electron chi connectivity index (χ3n) is 4.47. The first-order valence-electron chi connectivity index (χ1n) is 7.61. The Hall–Kier alpha value is -1.05. The summed E-state index contributed by atoms with van der Waals surface area (Å²) in [6.45, 7) is 4.47. The lowest BCUT2D eigenvalue weighted by Gasteiger charge is -2.34. The molecule has 1 heterocycles. The SMILES string of the molecule is CC1CCCCN1CC(Cl)c1ccc2ccccc2c1. The van der Waals surface area contributed by atoms with Crippen LogP contribution in [0.5, 0.6) is 0 Å². The summed E-state index contributed by atoms with van der Waals surface area (Å²) < 4.78 is 0. The number of hydrogen-bond acceptors (Lipinski definition) is 1. The van der Waals surface area contributed by atoms with Crippen molar-refractivity contribution in [2.24, 2.45) is 0 Å². The van der Waals surface area contributed by atoms with Crippen molar-refractivity contribution in [1.82, 2.24) is 4.90 Å². The van der Waals surface area contributed by atoms with Crippen LogP contribution in [0.3, 0.4) is 0 Å². The minimum absolute atomic E-state index is 0.0835. The quantitative estimate of drug-likeness (QED) is 0.719. The molecule has 0 saturated carbocycles. The minimum atomic E-state index is 0.0835. The Labute approximate surface area is 126 Å². The molecule has 2 aromatic carbocycles. The Balaban J connectivity index is 1.76. The summed E-state index contributed by atoms with van der Waals surface area (Å²) in [5, 5.41) is 2.65. The van der Waals surface area contributed by atoms with Gasteiger partial charge < -0.3 is 0 Å². The number of piperidine rings is 1. The van der Waals surface area contributed by atoms with E-state index in [1.165, 1.54) is 42.1 Å². The zero-order valence-electron chi connectivity index (χ0n) is 12.1. The molecule has 1 fully saturated rings. The van der Waals surface area contributed by atoms with Crippen molar-refractivity contribution < 1.29 is 0 Å². The van der Waals surface area contributed by atoms with Gasteiger partial charge in [-0.2, -0.15) is 0 Å². The topological polar surface area (TPSA) is 3.24 Å². The number of likely N-dealkylation sites (tertiary alicyclic amines) is 1. The molecule has 2 unspecified atom stereocenters. The highest BCUT2D eigenvalue weighted by Crippen LogP contribution is 2.28. The summed E-state index contributed by atoms with van der Waals surface area (Å²) >= 11 is 6.66. The molecular weight excluding hydrogens is 266 g/mol. The summed E-state index contributed by atoms with van der Waals surface area (Å²) in [4.78, 5) is 2.54. The van der Waals surface area contributed by atoms with Gasteiger partial charge in [-0.05, 0) is 48.7 Å². The second kappa shape index (κ2) is 6.15. The lowest BCUT2D eigenvalue weighted by Crippen LogP contribution is -2.39. The summed E-state index contributed by atoms with van der Waals surface area (Å²) in [5.41, 5.74) is 1.24. The molecule has 1 aliphatic heterocycles. The highest BCUT2D eigenvalue weighted by Gasteiger charge is 2.21. The standard InChI is InChI=1S/C18H22ClN/c1-14-6-4-5-11-20(14)13-18(19)17-10-9-15-7-2-3-8-16(15)12-17/h2-3,7-10,12,14,18H,4-6,11,13H2,1H3. The Morgan fingerprint density at radius 3 is 2.75 bits per heavy atom. The molecule has 0 aromatic heterocycles. The van der Waals surface area contributed by atoms with Crippen molar-refractivity contribution in [2.75, 3.05) is 13.1 Å². The fourth-order valence-corrected chi connectivity index (χ4v) is 3.46. The van der Waals surface area contributed by atoms with E-state index in [4.69, 9.17) is 11.6 Å². The summed E-state index contributed by atoms with van der Waals surface area (Å²) in [6, 6.07) is 15.7. The highest BCUT2D eigenvalue weighted by molar-refractivity contribution is 6.21. The van der Waals surface area contributed by atoms with Gasteiger partial charge in [0.1, 0.15) is 0 Å². The van der Waals surface area contributed by atoms with Crippen molar-refractivity contribution in [1.29, 1.82) is 0 Å². The van der Waals surface area contributed by atoms with Crippen LogP contribution in [-0.2, 0) is 0 Å². The van der Waals surface area contributed by atoms with Crippen molar-refractivity contribution in [3.05, 3.63) is 48.0 Å². The highest BCUT2D eigenvalue weighted by atomic mass is 35.5. The predicted octanol–water partition coefficient (Wildman–Crippen LogP) is 4.99. The van der Waals surface area contributed by atoms with Crippen LogP contribution in [0, 0.1) is 0 Å². The first-order chi connectivity index (χ1) is 9.74. The molecule has 0 aliphatic carbocycles. The summed E-state index contributed by atoms with van der Waals surface area (Å²) in [5.74, 6) is 0. The van der Waals surface area contributed by atoms with Crippen LogP contribution in [0.25, 0.3) is 10.8 Å². The summed E-state index contributed by atoms with van der Waals surface area (Å²) in [7, 11) is 0.